The molecule has 1 unspecified atom stereocenters. The van der Waals surface area contributed by atoms with Crippen LogP contribution in [-0.2, 0) is 10.0 Å². The number of ether oxygens (including phenoxy) is 3. The lowest BCUT2D eigenvalue weighted by Gasteiger charge is -2.26. The number of rotatable bonds is 11. The van der Waals surface area contributed by atoms with Gasteiger partial charge in [0.05, 0.1) is 27.1 Å². The summed E-state index contributed by atoms with van der Waals surface area (Å²) in [7, 11) is 5.16. The lowest BCUT2D eigenvalue weighted by molar-refractivity contribution is 0.292. The molecule has 0 spiro atoms. The monoisotopic (exact) mass is 374 g/mol. The number of nitrogens with one attached hydrogen (secondary N) is 1. The van der Waals surface area contributed by atoms with Crippen molar-refractivity contribution in [1.29, 1.82) is 0 Å². The first-order valence-corrected chi connectivity index (χ1v) is 9.88. The van der Waals surface area contributed by atoms with Crippen molar-refractivity contribution in [2.24, 2.45) is 0 Å². The molecular formula is C17H30N2O5S. The average molecular weight is 375 g/mol. The van der Waals surface area contributed by atoms with E-state index in [0.717, 1.165) is 12.0 Å². The zero-order valence-corrected chi connectivity index (χ0v) is 16.8. The number of hydrogen-bond acceptors (Lipinski definition) is 6. The van der Waals surface area contributed by atoms with Crippen molar-refractivity contribution < 1.29 is 22.6 Å². The van der Waals surface area contributed by atoms with Crippen LogP contribution in [0.3, 0.4) is 0 Å². The normalized spacial score (nSPS) is 12.9. The van der Waals surface area contributed by atoms with Crippen molar-refractivity contribution in [3.8, 4) is 17.2 Å². The molecule has 144 valence electrons. The van der Waals surface area contributed by atoms with Crippen LogP contribution >= 0.6 is 0 Å². The first-order chi connectivity index (χ1) is 11.8. The fourth-order valence-electron chi connectivity index (χ4n) is 2.50. The van der Waals surface area contributed by atoms with Gasteiger partial charge in [-0.1, -0.05) is 13.3 Å². The summed E-state index contributed by atoms with van der Waals surface area (Å²) in [5.74, 6) is 1.73. The summed E-state index contributed by atoms with van der Waals surface area (Å²) in [4.78, 5) is 1.95. The second-order valence-corrected chi connectivity index (χ2v) is 7.89. The third-order valence-corrected chi connectivity index (χ3v) is 5.39. The smallest absolute Gasteiger partial charge is 0.211 e. The maximum atomic E-state index is 12.1. The van der Waals surface area contributed by atoms with Gasteiger partial charge in [0.2, 0.25) is 15.8 Å². The summed E-state index contributed by atoms with van der Waals surface area (Å²) in [6.07, 6.45) is 1.48. The topological polar surface area (TPSA) is 77.1 Å². The van der Waals surface area contributed by atoms with Gasteiger partial charge in [-0.15, -0.1) is 0 Å². The van der Waals surface area contributed by atoms with Crippen LogP contribution in [0.2, 0.25) is 0 Å². The zero-order valence-electron chi connectivity index (χ0n) is 16.0. The van der Waals surface area contributed by atoms with E-state index in [0.29, 0.717) is 23.7 Å². The molecule has 1 aromatic carbocycles. The summed E-state index contributed by atoms with van der Waals surface area (Å²) >= 11 is 0. The number of methoxy groups -OCH3 is 3. The van der Waals surface area contributed by atoms with Gasteiger partial charge < -0.3 is 19.1 Å². The molecule has 7 nitrogen and oxygen atoms in total. The van der Waals surface area contributed by atoms with E-state index >= 15 is 0 Å². The van der Waals surface area contributed by atoms with Crippen LogP contribution < -0.4 is 18.9 Å². The Hall–Kier alpha value is -1.51. The standard InChI is InChI=1S/C17H30N2O5S/c1-7-8-9-25(20,21)18-12-14(19(2)3)13-10-15(22-4)17(24-6)16(11-13)23-5/h10-11,14,18H,7-9,12H2,1-6H3. The number of benzene rings is 1. The molecule has 0 bridgehead atoms. The minimum absolute atomic E-state index is 0.138. The second kappa shape index (κ2) is 9.84. The molecule has 1 aromatic rings. The molecule has 1 N–H and O–H groups in total. The van der Waals surface area contributed by atoms with Gasteiger partial charge in [0, 0.05) is 12.6 Å². The third-order valence-electron chi connectivity index (χ3n) is 3.96. The van der Waals surface area contributed by atoms with Gasteiger partial charge in [0.25, 0.3) is 0 Å². The molecule has 0 radical (unpaired) electrons. The van der Waals surface area contributed by atoms with Crippen molar-refractivity contribution in [2.75, 3.05) is 47.7 Å². The lowest BCUT2D eigenvalue weighted by atomic mass is 10.0. The van der Waals surface area contributed by atoms with Gasteiger partial charge in [-0.3, -0.25) is 0 Å². The molecular weight excluding hydrogens is 344 g/mol. The molecule has 8 heteroatoms. The molecule has 0 amide bonds. The van der Waals surface area contributed by atoms with Gasteiger partial charge in [-0.2, -0.15) is 0 Å². The highest BCUT2D eigenvalue weighted by Gasteiger charge is 2.22. The van der Waals surface area contributed by atoms with E-state index in [-0.39, 0.29) is 18.3 Å². The van der Waals surface area contributed by atoms with Crippen molar-refractivity contribution in [3.63, 3.8) is 0 Å². The molecule has 1 rings (SSSR count). The Kier molecular flexibility index (Phi) is 8.47. The van der Waals surface area contributed by atoms with Crippen LogP contribution in [0, 0.1) is 0 Å². The first-order valence-electron chi connectivity index (χ1n) is 8.23. The van der Waals surface area contributed by atoms with Crippen LogP contribution in [0.5, 0.6) is 17.2 Å². The highest BCUT2D eigenvalue weighted by Crippen LogP contribution is 2.40. The summed E-state index contributed by atoms with van der Waals surface area (Å²) in [6, 6.07) is 3.50. The molecule has 0 aliphatic carbocycles. The Morgan fingerprint density at radius 2 is 1.64 bits per heavy atom. The highest BCUT2D eigenvalue weighted by molar-refractivity contribution is 7.89. The minimum Gasteiger partial charge on any atom is -0.493 e. The molecule has 0 aromatic heterocycles. The molecule has 0 aliphatic rings. The Balaban J connectivity index is 3.10. The van der Waals surface area contributed by atoms with Crippen LogP contribution in [0.1, 0.15) is 31.4 Å². The largest absolute Gasteiger partial charge is 0.493 e. The van der Waals surface area contributed by atoms with Crippen LogP contribution in [-0.4, -0.2) is 61.0 Å². The summed E-state index contributed by atoms with van der Waals surface area (Å²) < 4.78 is 43.0. The van der Waals surface area contributed by atoms with Crippen molar-refractivity contribution in [3.05, 3.63) is 17.7 Å². The van der Waals surface area contributed by atoms with E-state index in [2.05, 4.69) is 4.72 Å². The van der Waals surface area contributed by atoms with Gasteiger partial charge in [0.1, 0.15) is 0 Å². The predicted octanol–water partition coefficient (Wildman–Crippen LogP) is 2.03. The van der Waals surface area contributed by atoms with E-state index in [9.17, 15) is 8.42 Å². The average Bonchev–Trinajstić information content (AvgIpc) is 2.58. The van der Waals surface area contributed by atoms with Gasteiger partial charge in [-0.25, -0.2) is 13.1 Å². The Morgan fingerprint density at radius 1 is 1.08 bits per heavy atom. The third kappa shape index (κ3) is 6.05. The SMILES string of the molecule is CCCCS(=O)(=O)NCC(c1cc(OC)c(OC)c(OC)c1)N(C)C. The molecule has 0 fully saturated rings. The van der Waals surface area contributed by atoms with E-state index < -0.39 is 10.0 Å². The number of nitrogens with zero attached hydrogens (tertiary/aromatic N) is 1. The highest BCUT2D eigenvalue weighted by atomic mass is 32.2. The van der Waals surface area contributed by atoms with Gasteiger partial charge >= 0.3 is 0 Å². The van der Waals surface area contributed by atoms with E-state index in [1.165, 1.54) is 0 Å². The summed E-state index contributed by atoms with van der Waals surface area (Å²) in [5.41, 5.74) is 0.873. The summed E-state index contributed by atoms with van der Waals surface area (Å²) in [5, 5.41) is 0. The van der Waals surface area contributed by atoms with E-state index in [4.69, 9.17) is 14.2 Å². The molecule has 25 heavy (non-hydrogen) atoms. The molecule has 0 aliphatic heterocycles. The predicted molar refractivity (Wildman–Crippen MR) is 99.2 cm³/mol. The zero-order chi connectivity index (χ0) is 19.0. The fraction of sp³-hybridized carbons (Fsp3) is 0.647. The number of unbranched alkanes of at least 4 members (excludes halogenated alkanes) is 1. The van der Waals surface area contributed by atoms with Gasteiger partial charge in [0.15, 0.2) is 11.5 Å². The van der Waals surface area contributed by atoms with E-state index in [1.54, 1.807) is 21.3 Å². The van der Waals surface area contributed by atoms with Crippen molar-refractivity contribution >= 4 is 10.0 Å². The maximum Gasteiger partial charge on any atom is 0.211 e. The molecule has 0 saturated carbocycles. The second-order valence-electron chi connectivity index (χ2n) is 5.96. The van der Waals surface area contributed by atoms with E-state index in [1.807, 2.05) is 38.1 Å². The first kappa shape index (κ1) is 21.5. The lowest BCUT2D eigenvalue weighted by Crippen LogP contribution is -2.35. The fourth-order valence-corrected chi connectivity index (χ4v) is 3.73. The van der Waals surface area contributed by atoms with Gasteiger partial charge in [-0.05, 0) is 38.2 Å². The minimum atomic E-state index is -3.29. The molecule has 0 saturated heterocycles. The number of hydrogen-bond donors (Lipinski definition) is 1. The molecule has 1 atom stereocenters. The molecule has 0 heterocycles. The van der Waals surface area contributed by atoms with Crippen LogP contribution in [0.25, 0.3) is 0 Å². The number of likely N-dealkylation sites (N-methyl/N-ethyl adjacent to an activating group) is 1. The quantitative estimate of drug-likeness (QED) is 0.639. The Labute approximate surface area is 151 Å². The Bertz CT molecular complexity index is 621. The van der Waals surface area contributed by atoms with Crippen molar-refractivity contribution in [1.82, 2.24) is 9.62 Å². The van der Waals surface area contributed by atoms with Crippen LogP contribution in [0.4, 0.5) is 0 Å². The summed E-state index contributed by atoms with van der Waals surface area (Å²) in [6.45, 7) is 2.23. The number of sulfonamides is 1. The Morgan fingerprint density at radius 3 is 2.04 bits per heavy atom. The van der Waals surface area contributed by atoms with Crippen LogP contribution in [0.15, 0.2) is 12.1 Å². The maximum absolute atomic E-state index is 12.1. The van der Waals surface area contributed by atoms with Crippen molar-refractivity contribution in [2.45, 2.75) is 25.8 Å².